The van der Waals surface area contributed by atoms with Gasteiger partial charge in [-0.1, -0.05) is 49.4 Å². The van der Waals surface area contributed by atoms with Crippen molar-refractivity contribution < 1.29 is 19.1 Å². The van der Waals surface area contributed by atoms with E-state index in [0.29, 0.717) is 33.5 Å². The SMILES string of the molecule is CCCCCCOC(=O)c1ccc(C(=O)Oc2ccc(Cl)c(Cl)c2)cc1. The molecule has 0 saturated carbocycles. The lowest BCUT2D eigenvalue weighted by atomic mass is 10.1. The molecule has 2 rings (SSSR count). The highest BCUT2D eigenvalue weighted by atomic mass is 35.5. The number of hydrogen-bond donors (Lipinski definition) is 0. The van der Waals surface area contributed by atoms with Crippen LogP contribution in [-0.4, -0.2) is 18.5 Å². The third-order valence-corrected chi connectivity index (χ3v) is 4.43. The van der Waals surface area contributed by atoms with Gasteiger partial charge in [-0.05, 0) is 42.8 Å². The number of halogens is 2. The molecule has 0 unspecified atom stereocenters. The van der Waals surface area contributed by atoms with E-state index < -0.39 is 11.9 Å². The van der Waals surface area contributed by atoms with Gasteiger partial charge in [0.2, 0.25) is 0 Å². The molecule has 2 aromatic carbocycles. The second kappa shape index (κ2) is 10.2. The summed E-state index contributed by atoms with van der Waals surface area (Å²) in [7, 11) is 0. The van der Waals surface area contributed by atoms with Crippen molar-refractivity contribution in [3.05, 3.63) is 63.6 Å². The largest absolute Gasteiger partial charge is 0.462 e. The summed E-state index contributed by atoms with van der Waals surface area (Å²) in [5.74, 6) is -0.659. The van der Waals surface area contributed by atoms with Crippen molar-refractivity contribution in [3.8, 4) is 5.75 Å². The zero-order valence-electron chi connectivity index (χ0n) is 14.5. The molecule has 0 spiro atoms. The Balaban J connectivity index is 1.90. The van der Waals surface area contributed by atoms with Crippen LogP contribution < -0.4 is 4.74 Å². The van der Waals surface area contributed by atoms with Crippen molar-refractivity contribution in [2.24, 2.45) is 0 Å². The Morgan fingerprint density at radius 2 is 1.50 bits per heavy atom. The van der Waals surface area contributed by atoms with E-state index in [4.69, 9.17) is 32.7 Å². The quantitative estimate of drug-likeness (QED) is 0.315. The maximum absolute atomic E-state index is 12.1. The molecule has 0 N–H and O–H groups in total. The molecule has 4 nitrogen and oxygen atoms in total. The first-order valence-electron chi connectivity index (χ1n) is 8.45. The van der Waals surface area contributed by atoms with Gasteiger partial charge in [-0.2, -0.15) is 0 Å². The summed E-state index contributed by atoms with van der Waals surface area (Å²) in [5, 5.41) is 0.679. The highest BCUT2D eigenvalue weighted by Gasteiger charge is 2.12. The van der Waals surface area contributed by atoms with E-state index in [1.54, 1.807) is 24.3 Å². The number of benzene rings is 2. The molecule has 0 bridgehead atoms. The fourth-order valence-corrected chi connectivity index (χ4v) is 2.51. The predicted octanol–water partition coefficient (Wildman–Crippen LogP) is 5.95. The maximum atomic E-state index is 12.1. The molecular weight excluding hydrogens is 375 g/mol. The van der Waals surface area contributed by atoms with Gasteiger partial charge in [0, 0.05) is 6.07 Å². The monoisotopic (exact) mass is 394 g/mol. The van der Waals surface area contributed by atoms with Gasteiger partial charge in [-0.3, -0.25) is 0 Å². The lowest BCUT2D eigenvalue weighted by Gasteiger charge is -2.07. The minimum Gasteiger partial charge on any atom is -0.462 e. The standard InChI is InChI=1S/C20H20Cl2O4/c1-2-3-4-5-12-25-19(23)14-6-8-15(9-7-14)20(24)26-16-10-11-17(21)18(22)13-16/h6-11,13H,2-5,12H2,1H3. The average Bonchev–Trinajstić information content (AvgIpc) is 2.64. The van der Waals surface area contributed by atoms with Crippen molar-refractivity contribution in [1.29, 1.82) is 0 Å². The summed E-state index contributed by atoms with van der Waals surface area (Å²) in [4.78, 5) is 24.1. The first kappa shape index (κ1) is 20.3. The molecule has 0 heterocycles. The van der Waals surface area contributed by atoms with Gasteiger partial charge in [0.1, 0.15) is 5.75 Å². The van der Waals surface area contributed by atoms with E-state index in [1.807, 2.05) is 0 Å². The maximum Gasteiger partial charge on any atom is 0.343 e. The third kappa shape index (κ3) is 6.04. The molecule has 0 amide bonds. The smallest absolute Gasteiger partial charge is 0.343 e. The topological polar surface area (TPSA) is 52.6 Å². The molecule has 26 heavy (non-hydrogen) atoms. The Morgan fingerprint density at radius 1 is 0.846 bits per heavy atom. The van der Waals surface area contributed by atoms with E-state index in [1.165, 1.54) is 18.2 Å². The average molecular weight is 395 g/mol. The molecule has 0 fully saturated rings. The molecule has 138 valence electrons. The minimum atomic E-state index is -0.553. The summed E-state index contributed by atoms with van der Waals surface area (Å²) in [5.41, 5.74) is 0.710. The van der Waals surface area contributed by atoms with Crippen LogP contribution in [-0.2, 0) is 4.74 Å². The lowest BCUT2D eigenvalue weighted by molar-refractivity contribution is 0.0497. The molecular formula is C20H20Cl2O4. The van der Waals surface area contributed by atoms with Gasteiger partial charge < -0.3 is 9.47 Å². The highest BCUT2D eigenvalue weighted by molar-refractivity contribution is 6.42. The van der Waals surface area contributed by atoms with Gasteiger partial charge in [0.15, 0.2) is 0 Å². The van der Waals surface area contributed by atoms with Crippen molar-refractivity contribution in [2.45, 2.75) is 32.6 Å². The van der Waals surface area contributed by atoms with Gasteiger partial charge in [0.25, 0.3) is 0 Å². The summed E-state index contributed by atoms with van der Waals surface area (Å²) >= 11 is 11.7. The number of esters is 2. The number of hydrogen-bond acceptors (Lipinski definition) is 4. The Bertz CT molecular complexity index is 757. The van der Waals surface area contributed by atoms with Crippen LogP contribution in [0.2, 0.25) is 10.0 Å². The molecule has 0 aliphatic carbocycles. The lowest BCUT2D eigenvalue weighted by Crippen LogP contribution is -2.10. The van der Waals surface area contributed by atoms with Crippen molar-refractivity contribution in [3.63, 3.8) is 0 Å². The van der Waals surface area contributed by atoms with E-state index >= 15 is 0 Å². The predicted molar refractivity (Wildman–Crippen MR) is 102 cm³/mol. The van der Waals surface area contributed by atoms with Crippen LogP contribution >= 0.6 is 23.2 Å². The van der Waals surface area contributed by atoms with Crippen LogP contribution in [0.1, 0.15) is 53.3 Å². The Kier molecular flexibility index (Phi) is 7.95. The third-order valence-electron chi connectivity index (χ3n) is 3.69. The second-order valence-corrected chi connectivity index (χ2v) is 6.55. The molecule has 2 aromatic rings. The first-order valence-corrected chi connectivity index (χ1v) is 9.21. The zero-order valence-corrected chi connectivity index (χ0v) is 16.0. The molecule has 0 aromatic heterocycles. The van der Waals surface area contributed by atoms with Gasteiger partial charge in [0.05, 0.1) is 27.8 Å². The summed E-state index contributed by atoms with van der Waals surface area (Å²) in [6.07, 6.45) is 4.16. The van der Waals surface area contributed by atoms with E-state index in [9.17, 15) is 9.59 Å². The fraction of sp³-hybridized carbons (Fsp3) is 0.300. The van der Waals surface area contributed by atoms with Crippen molar-refractivity contribution in [1.82, 2.24) is 0 Å². The van der Waals surface area contributed by atoms with Crippen LogP contribution in [0.25, 0.3) is 0 Å². The Morgan fingerprint density at radius 3 is 2.12 bits per heavy atom. The molecule has 0 saturated heterocycles. The minimum absolute atomic E-state index is 0.292. The second-order valence-electron chi connectivity index (χ2n) is 5.74. The Labute approximate surface area is 163 Å². The molecule has 6 heteroatoms. The van der Waals surface area contributed by atoms with Gasteiger partial charge in [-0.25, -0.2) is 9.59 Å². The highest BCUT2D eigenvalue weighted by Crippen LogP contribution is 2.26. The van der Waals surface area contributed by atoms with Crippen LogP contribution in [0.3, 0.4) is 0 Å². The number of carbonyl (C=O) groups is 2. The van der Waals surface area contributed by atoms with E-state index in [-0.39, 0.29) is 0 Å². The zero-order chi connectivity index (χ0) is 18.9. The summed E-state index contributed by atoms with van der Waals surface area (Å²) < 4.78 is 10.5. The van der Waals surface area contributed by atoms with Crippen LogP contribution in [0.15, 0.2) is 42.5 Å². The molecule has 0 aliphatic heterocycles. The van der Waals surface area contributed by atoms with Crippen LogP contribution in [0.5, 0.6) is 5.75 Å². The molecule has 0 aliphatic rings. The van der Waals surface area contributed by atoms with E-state index in [2.05, 4.69) is 6.92 Å². The number of ether oxygens (including phenoxy) is 2. The summed E-state index contributed by atoms with van der Waals surface area (Å²) in [6.45, 7) is 2.53. The molecule has 0 atom stereocenters. The van der Waals surface area contributed by atoms with E-state index in [0.717, 1.165) is 25.7 Å². The number of rotatable bonds is 8. The van der Waals surface area contributed by atoms with Gasteiger partial charge in [-0.15, -0.1) is 0 Å². The normalized spacial score (nSPS) is 10.4. The Hall–Kier alpha value is -2.04. The number of unbranched alkanes of at least 4 members (excludes halogenated alkanes) is 3. The first-order chi connectivity index (χ1) is 12.5. The fourth-order valence-electron chi connectivity index (χ4n) is 2.23. The summed E-state index contributed by atoms with van der Waals surface area (Å²) in [6, 6.07) is 10.7. The van der Waals surface area contributed by atoms with Crippen molar-refractivity contribution >= 4 is 35.1 Å². The number of carbonyl (C=O) groups excluding carboxylic acids is 2. The van der Waals surface area contributed by atoms with Gasteiger partial charge >= 0.3 is 11.9 Å². The van der Waals surface area contributed by atoms with Crippen molar-refractivity contribution in [2.75, 3.05) is 6.61 Å². The molecule has 0 radical (unpaired) electrons. The van der Waals surface area contributed by atoms with Crippen LogP contribution in [0.4, 0.5) is 0 Å². The van der Waals surface area contributed by atoms with Crippen LogP contribution in [0, 0.1) is 0 Å².